The van der Waals surface area contributed by atoms with Crippen LogP contribution < -0.4 is 0 Å². The van der Waals surface area contributed by atoms with Gasteiger partial charge in [-0.1, -0.05) is 54.3 Å². The van der Waals surface area contributed by atoms with Gasteiger partial charge in [0.15, 0.2) is 0 Å². The maximum atomic E-state index is 6.30. The van der Waals surface area contributed by atoms with E-state index in [1.54, 1.807) is 0 Å². The summed E-state index contributed by atoms with van der Waals surface area (Å²) in [4.78, 5) is 9.23. The van der Waals surface area contributed by atoms with E-state index in [1.165, 1.54) is 36.8 Å². The molecule has 1 aliphatic rings. The van der Waals surface area contributed by atoms with E-state index in [-0.39, 0.29) is 0 Å². The summed E-state index contributed by atoms with van der Waals surface area (Å²) in [5.41, 5.74) is 3.58. The van der Waals surface area contributed by atoms with Crippen LogP contribution in [0.1, 0.15) is 54.2 Å². The van der Waals surface area contributed by atoms with E-state index in [9.17, 15) is 0 Å². The third-order valence-corrected chi connectivity index (χ3v) is 5.35. The van der Waals surface area contributed by atoms with Gasteiger partial charge in [-0.05, 0) is 41.3 Å². The van der Waals surface area contributed by atoms with Crippen LogP contribution in [-0.2, 0) is 6.42 Å². The molecule has 2 nitrogen and oxygen atoms in total. The van der Waals surface area contributed by atoms with Crippen molar-refractivity contribution >= 4 is 27.5 Å². The zero-order valence-electron chi connectivity index (χ0n) is 12.1. The molecule has 2 aromatic rings. The van der Waals surface area contributed by atoms with Crippen molar-refractivity contribution in [3.05, 3.63) is 56.5 Å². The largest absolute Gasteiger partial charge is 0.236 e. The molecule has 1 heterocycles. The average Bonchev–Trinajstić information content (AvgIpc) is 2.96. The molecule has 0 N–H and O–H groups in total. The van der Waals surface area contributed by atoms with E-state index in [2.05, 4.69) is 52.1 Å². The van der Waals surface area contributed by atoms with Gasteiger partial charge in [0.05, 0.1) is 10.2 Å². The minimum absolute atomic E-state index is 0.524. The molecule has 0 bridgehead atoms. The molecule has 1 fully saturated rings. The molecule has 110 valence electrons. The van der Waals surface area contributed by atoms with Crippen LogP contribution in [0.3, 0.4) is 0 Å². The molecule has 1 aliphatic carbocycles. The van der Waals surface area contributed by atoms with E-state index in [0.29, 0.717) is 11.1 Å². The third-order valence-electron chi connectivity index (χ3n) is 4.07. The van der Waals surface area contributed by atoms with E-state index >= 15 is 0 Å². The van der Waals surface area contributed by atoms with Gasteiger partial charge >= 0.3 is 0 Å². The van der Waals surface area contributed by atoms with Crippen LogP contribution in [0.5, 0.6) is 0 Å². The topological polar surface area (TPSA) is 25.8 Å². The second kappa shape index (κ2) is 6.45. The zero-order valence-corrected chi connectivity index (χ0v) is 14.4. The van der Waals surface area contributed by atoms with Crippen LogP contribution in [0.2, 0.25) is 5.15 Å². The van der Waals surface area contributed by atoms with Crippen LogP contribution in [0.15, 0.2) is 28.7 Å². The van der Waals surface area contributed by atoms with Crippen LogP contribution >= 0.6 is 27.5 Å². The lowest BCUT2D eigenvalue weighted by Crippen LogP contribution is -2.06. The minimum atomic E-state index is 0.524. The summed E-state index contributed by atoms with van der Waals surface area (Å²) >= 11 is 9.86. The molecular weight excluding hydrogens is 348 g/mol. The number of hydrogen-bond donors (Lipinski definition) is 0. The summed E-state index contributed by atoms with van der Waals surface area (Å²) in [6.45, 7) is 2.10. The summed E-state index contributed by atoms with van der Waals surface area (Å²) < 4.78 is 0.879. The molecule has 0 saturated heterocycles. The standard InChI is InChI=1S/C17H18BrClN2/c1-11-5-4-6-12(9-11)10-14-20-16(13-7-2-3-8-13)15(18)17(19)21-14/h4-6,9,13H,2-3,7-8,10H2,1H3. The van der Waals surface area contributed by atoms with Gasteiger partial charge in [-0.25, -0.2) is 9.97 Å². The predicted octanol–water partition coefficient (Wildman–Crippen LogP) is 5.45. The van der Waals surface area contributed by atoms with E-state index in [1.807, 2.05) is 0 Å². The third kappa shape index (κ3) is 3.46. The van der Waals surface area contributed by atoms with Crippen LogP contribution in [0, 0.1) is 6.92 Å². The van der Waals surface area contributed by atoms with Crippen LogP contribution in [0.25, 0.3) is 0 Å². The van der Waals surface area contributed by atoms with Gasteiger partial charge in [-0.15, -0.1) is 0 Å². The molecule has 1 aromatic carbocycles. The smallest absolute Gasteiger partial charge is 0.147 e. The fourth-order valence-corrected chi connectivity index (χ4v) is 3.73. The van der Waals surface area contributed by atoms with E-state index < -0.39 is 0 Å². The Bertz CT molecular complexity index is 651. The minimum Gasteiger partial charge on any atom is -0.236 e. The van der Waals surface area contributed by atoms with Gasteiger partial charge < -0.3 is 0 Å². The van der Waals surface area contributed by atoms with Crippen molar-refractivity contribution in [3.8, 4) is 0 Å². The van der Waals surface area contributed by atoms with Gasteiger partial charge in [0, 0.05) is 12.3 Å². The molecule has 3 rings (SSSR count). The molecule has 21 heavy (non-hydrogen) atoms. The Balaban J connectivity index is 1.92. The molecule has 0 spiro atoms. The lowest BCUT2D eigenvalue weighted by molar-refractivity contribution is 0.681. The van der Waals surface area contributed by atoms with E-state index in [0.717, 1.165) is 22.4 Å². The number of aromatic nitrogens is 2. The predicted molar refractivity (Wildman–Crippen MR) is 89.9 cm³/mol. The number of hydrogen-bond acceptors (Lipinski definition) is 2. The highest BCUT2D eigenvalue weighted by molar-refractivity contribution is 9.10. The maximum absolute atomic E-state index is 6.30. The molecular formula is C17H18BrClN2. The highest BCUT2D eigenvalue weighted by Gasteiger charge is 2.23. The first-order valence-electron chi connectivity index (χ1n) is 7.41. The molecule has 0 radical (unpaired) electrons. The van der Waals surface area contributed by atoms with Crippen molar-refractivity contribution in [3.63, 3.8) is 0 Å². The number of benzene rings is 1. The number of rotatable bonds is 3. The fourth-order valence-electron chi connectivity index (χ4n) is 3.03. The van der Waals surface area contributed by atoms with Crippen molar-refractivity contribution < 1.29 is 0 Å². The second-order valence-electron chi connectivity index (χ2n) is 5.78. The monoisotopic (exact) mass is 364 g/mol. The Morgan fingerprint density at radius 1 is 1.24 bits per heavy atom. The Morgan fingerprint density at radius 3 is 2.71 bits per heavy atom. The Labute approximate surface area is 139 Å². The summed E-state index contributed by atoms with van der Waals surface area (Å²) in [6, 6.07) is 8.46. The Hall–Kier alpha value is -0.930. The molecule has 0 aliphatic heterocycles. The number of nitrogens with zero attached hydrogens (tertiary/aromatic N) is 2. The molecule has 1 saturated carbocycles. The Morgan fingerprint density at radius 2 is 2.00 bits per heavy atom. The fraction of sp³-hybridized carbons (Fsp3) is 0.412. The molecule has 0 amide bonds. The van der Waals surface area contributed by atoms with Crippen LogP contribution in [-0.4, -0.2) is 9.97 Å². The highest BCUT2D eigenvalue weighted by Crippen LogP contribution is 2.38. The van der Waals surface area contributed by atoms with E-state index in [4.69, 9.17) is 16.6 Å². The molecule has 0 unspecified atom stereocenters. The van der Waals surface area contributed by atoms with Gasteiger partial charge in [-0.2, -0.15) is 0 Å². The summed E-state index contributed by atoms with van der Waals surface area (Å²) in [5.74, 6) is 1.34. The van der Waals surface area contributed by atoms with Gasteiger partial charge in [0.2, 0.25) is 0 Å². The number of aryl methyl sites for hydroxylation is 1. The summed E-state index contributed by atoms with van der Waals surface area (Å²) in [7, 11) is 0. The SMILES string of the molecule is Cc1cccc(Cc2nc(Cl)c(Br)c(C3CCCC3)n2)c1. The zero-order chi connectivity index (χ0) is 14.8. The first-order chi connectivity index (χ1) is 10.1. The van der Waals surface area contributed by atoms with Gasteiger partial charge in [0.1, 0.15) is 11.0 Å². The quantitative estimate of drug-likeness (QED) is 0.676. The lowest BCUT2D eigenvalue weighted by atomic mass is 10.0. The van der Waals surface area contributed by atoms with Crippen molar-refractivity contribution in [1.82, 2.24) is 9.97 Å². The first kappa shape index (κ1) is 15.0. The Kier molecular flexibility index (Phi) is 4.60. The van der Waals surface area contributed by atoms with Crippen molar-refractivity contribution in [2.45, 2.75) is 44.9 Å². The highest BCUT2D eigenvalue weighted by atomic mass is 79.9. The second-order valence-corrected chi connectivity index (χ2v) is 6.93. The van der Waals surface area contributed by atoms with Crippen molar-refractivity contribution in [2.24, 2.45) is 0 Å². The van der Waals surface area contributed by atoms with Gasteiger partial charge in [0.25, 0.3) is 0 Å². The molecule has 1 aromatic heterocycles. The summed E-state index contributed by atoms with van der Waals surface area (Å²) in [6.07, 6.45) is 5.71. The maximum Gasteiger partial charge on any atom is 0.147 e. The molecule has 0 atom stereocenters. The number of halogens is 2. The average molecular weight is 366 g/mol. The van der Waals surface area contributed by atoms with Crippen molar-refractivity contribution in [2.75, 3.05) is 0 Å². The normalized spacial score (nSPS) is 15.6. The van der Waals surface area contributed by atoms with Crippen molar-refractivity contribution in [1.29, 1.82) is 0 Å². The van der Waals surface area contributed by atoms with Gasteiger partial charge in [-0.3, -0.25) is 0 Å². The lowest BCUT2D eigenvalue weighted by Gasteiger charge is -2.13. The first-order valence-corrected chi connectivity index (χ1v) is 8.58. The summed E-state index contributed by atoms with van der Waals surface area (Å²) in [5, 5.41) is 0.537. The van der Waals surface area contributed by atoms with Crippen LogP contribution in [0.4, 0.5) is 0 Å². The molecule has 4 heteroatoms.